The van der Waals surface area contributed by atoms with E-state index in [1.54, 1.807) is 7.11 Å². The fraction of sp³-hybridized carbons (Fsp3) is 0.529. The van der Waals surface area contributed by atoms with Crippen LogP contribution >= 0.6 is 0 Å². The molecule has 1 aliphatic rings. The van der Waals surface area contributed by atoms with Gasteiger partial charge in [0.25, 0.3) is 0 Å². The van der Waals surface area contributed by atoms with E-state index >= 15 is 0 Å². The Hall–Kier alpha value is -1.32. The highest BCUT2D eigenvalue weighted by atomic mass is 16.5. The van der Waals surface area contributed by atoms with Crippen molar-refractivity contribution in [1.82, 2.24) is 5.32 Å². The van der Waals surface area contributed by atoms with Gasteiger partial charge in [-0.2, -0.15) is 0 Å². The van der Waals surface area contributed by atoms with Crippen molar-refractivity contribution in [2.45, 2.75) is 32.7 Å². The number of nitrogens with one attached hydrogen (secondary N) is 1. The fourth-order valence-corrected chi connectivity index (χ4v) is 2.90. The van der Waals surface area contributed by atoms with Crippen LogP contribution in [0, 0.1) is 12.3 Å². The number of ether oxygens (including phenoxy) is 1. The first kappa shape index (κ1) is 13.7. The smallest absolute Gasteiger partial charge is 0.134 e. The van der Waals surface area contributed by atoms with Crippen molar-refractivity contribution in [3.63, 3.8) is 0 Å². The largest absolute Gasteiger partial charge is 0.461 e. The summed E-state index contributed by atoms with van der Waals surface area (Å²) in [5.74, 6) is 1.03. The second kappa shape index (κ2) is 5.58. The molecule has 3 rings (SSSR count). The highest BCUT2D eigenvalue weighted by Gasteiger charge is 2.41. The summed E-state index contributed by atoms with van der Waals surface area (Å²) in [7, 11) is 1.78. The first-order valence-electron chi connectivity index (χ1n) is 7.41. The van der Waals surface area contributed by atoms with Gasteiger partial charge in [-0.3, -0.25) is 0 Å². The van der Waals surface area contributed by atoms with Crippen molar-refractivity contribution < 1.29 is 9.15 Å². The van der Waals surface area contributed by atoms with E-state index in [2.05, 4.69) is 24.4 Å². The lowest BCUT2D eigenvalue weighted by molar-refractivity contribution is 0.171. The van der Waals surface area contributed by atoms with Gasteiger partial charge in [-0.05, 0) is 37.7 Å². The number of fused-ring (bicyclic) bond motifs is 1. The van der Waals surface area contributed by atoms with Crippen LogP contribution in [0.1, 0.15) is 30.6 Å². The lowest BCUT2D eigenvalue weighted by Crippen LogP contribution is -2.24. The van der Waals surface area contributed by atoms with Gasteiger partial charge < -0.3 is 14.5 Å². The summed E-state index contributed by atoms with van der Waals surface area (Å²) in [4.78, 5) is 0. The number of para-hydroxylation sites is 1. The summed E-state index contributed by atoms with van der Waals surface area (Å²) in [5, 5.41) is 4.85. The Labute approximate surface area is 120 Å². The second-order valence-corrected chi connectivity index (χ2v) is 5.98. The summed E-state index contributed by atoms with van der Waals surface area (Å²) in [5.41, 5.74) is 2.77. The highest BCUT2D eigenvalue weighted by Crippen LogP contribution is 2.48. The van der Waals surface area contributed by atoms with E-state index in [1.165, 1.54) is 30.2 Å². The van der Waals surface area contributed by atoms with Gasteiger partial charge in [0.1, 0.15) is 11.3 Å². The molecule has 1 fully saturated rings. The lowest BCUT2D eigenvalue weighted by Gasteiger charge is -2.15. The quantitative estimate of drug-likeness (QED) is 0.836. The molecule has 0 atom stereocenters. The average Bonchev–Trinajstić information content (AvgIpc) is 3.15. The second-order valence-electron chi connectivity index (χ2n) is 5.98. The molecule has 0 saturated heterocycles. The third kappa shape index (κ3) is 2.74. The Morgan fingerprint density at radius 2 is 2.10 bits per heavy atom. The zero-order valence-electron chi connectivity index (χ0n) is 12.4. The van der Waals surface area contributed by atoms with Crippen molar-refractivity contribution in [2.24, 2.45) is 5.41 Å². The first-order chi connectivity index (χ1) is 9.74. The zero-order valence-corrected chi connectivity index (χ0v) is 12.4. The minimum absolute atomic E-state index is 0.490. The molecule has 0 bridgehead atoms. The van der Waals surface area contributed by atoms with Crippen LogP contribution in [0.2, 0.25) is 0 Å². The highest BCUT2D eigenvalue weighted by molar-refractivity contribution is 5.82. The Morgan fingerprint density at radius 3 is 2.85 bits per heavy atom. The minimum Gasteiger partial charge on any atom is -0.461 e. The summed E-state index contributed by atoms with van der Waals surface area (Å²) in [6.07, 6.45) is 3.82. The molecule has 0 unspecified atom stereocenters. The van der Waals surface area contributed by atoms with Gasteiger partial charge in [-0.25, -0.2) is 0 Å². The third-order valence-electron chi connectivity index (χ3n) is 4.50. The molecule has 1 aliphatic carbocycles. The van der Waals surface area contributed by atoms with Crippen LogP contribution in [-0.2, 0) is 11.3 Å². The Bertz CT molecular complexity index is 584. The van der Waals surface area contributed by atoms with E-state index in [1.807, 2.05) is 12.1 Å². The van der Waals surface area contributed by atoms with Gasteiger partial charge in [0.05, 0.1) is 0 Å². The molecule has 1 heterocycles. The van der Waals surface area contributed by atoms with Crippen LogP contribution in [0.3, 0.4) is 0 Å². The van der Waals surface area contributed by atoms with Gasteiger partial charge in [0.15, 0.2) is 0 Å². The van der Waals surface area contributed by atoms with E-state index in [4.69, 9.17) is 9.15 Å². The molecule has 2 aromatic rings. The number of hydrogen-bond donors (Lipinski definition) is 1. The van der Waals surface area contributed by atoms with E-state index in [0.717, 1.165) is 31.0 Å². The Morgan fingerprint density at radius 1 is 1.30 bits per heavy atom. The number of benzene rings is 1. The van der Waals surface area contributed by atoms with Gasteiger partial charge in [-0.1, -0.05) is 18.2 Å². The molecule has 3 heteroatoms. The lowest BCUT2D eigenvalue weighted by atomic mass is 10.0. The number of furan rings is 1. The predicted octanol–water partition coefficient (Wildman–Crippen LogP) is 3.65. The van der Waals surface area contributed by atoms with Crippen molar-refractivity contribution in [2.75, 3.05) is 20.3 Å². The van der Waals surface area contributed by atoms with E-state index < -0.39 is 0 Å². The van der Waals surface area contributed by atoms with Crippen LogP contribution in [0.15, 0.2) is 28.7 Å². The molecule has 0 radical (unpaired) electrons. The fourth-order valence-electron chi connectivity index (χ4n) is 2.90. The van der Waals surface area contributed by atoms with Crippen molar-refractivity contribution in [1.29, 1.82) is 0 Å². The SMILES string of the molecule is COCCC1(CNCc2c(C)oc3ccccc23)CC1. The molecule has 20 heavy (non-hydrogen) atoms. The molecule has 0 spiro atoms. The zero-order chi connectivity index (χ0) is 14.0. The molecule has 1 N–H and O–H groups in total. The average molecular weight is 273 g/mol. The van der Waals surface area contributed by atoms with Crippen LogP contribution in [0.5, 0.6) is 0 Å². The van der Waals surface area contributed by atoms with Crippen LogP contribution in [0.25, 0.3) is 11.0 Å². The molecule has 108 valence electrons. The van der Waals surface area contributed by atoms with Crippen LogP contribution < -0.4 is 5.32 Å². The summed E-state index contributed by atoms with van der Waals surface area (Å²) >= 11 is 0. The predicted molar refractivity (Wildman–Crippen MR) is 80.8 cm³/mol. The van der Waals surface area contributed by atoms with E-state index in [0.29, 0.717) is 5.41 Å². The summed E-state index contributed by atoms with van der Waals surface area (Å²) < 4.78 is 11.0. The number of methoxy groups -OCH3 is 1. The standard InChI is InChI=1S/C17H23NO2/c1-13-15(14-5-3-4-6-16(14)20-13)11-18-12-17(7-8-17)9-10-19-2/h3-6,18H,7-12H2,1-2H3. The molecule has 0 aliphatic heterocycles. The normalized spacial score (nSPS) is 16.7. The minimum atomic E-state index is 0.490. The maximum atomic E-state index is 5.80. The molecular weight excluding hydrogens is 250 g/mol. The Balaban J connectivity index is 1.62. The van der Waals surface area contributed by atoms with Gasteiger partial charge in [-0.15, -0.1) is 0 Å². The van der Waals surface area contributed by atoms with Gasteiger partial charge >= 0.3 is 0 Å². The maximum Gasteiger partial charge on any atom is 0.134 e. The van der Waals surface area contributed by atoms with Crippen molar-refractivity contribution in [3.05, 3.63) is 35.6 Å². The number of hydrogen-bond acceptors (Lipinski definition) is 3. The number of aryl methyl sites for hydroxylation is 1. The van der Waals surface area contributed by atoms with Crippen molar-refractivity contribution >= 4 is 11.0 Å². The van der Waals surface area contributed by atoms with E-state index in [9.17, 15) is 0 Å². The summed E-state index contributed by atoms with van der Waals surface area (Å²) in [6.45, 7) is 4.89. The van der Waals surface area contributed by atoms with Crippen LogP contribution in [0.4, 0.5) is 0 Å². The van der Waals surface area contributed by atoms with Crippen molar-refractivity contribution in [3.8, 4) is 0 Å². The molecule has 1 aromatic heterocycles. The monoisotopic (exact) mass is 273 g/mol. The molecule has 3 nitrogen and oxygen atoms in total. The van der Waals surface area contributed by atoms with Gasteiger partial charge in [0.2, 0.25) is 0 Å². The van der Waals surface area contributed by atoms with E-state index in [-0.39, 0.29) is 0 Å². The van der Waals surface area contributed by atoms with Crippen LogP contribution in [-0.4, -0.2) is 20.3 Å². The Kier molecular flexibility index (Phi) is 3.81. The third-order valence-corrected chi connectivity index (χ3v) is 4.50. The molecule has 1 aromatic carbocycles. The first-order valence-corrected chi connectivity index (χ1v) is 7.41. The molecule has 0 amide bonds. The van der Waals surface area contributed by atoms with Gasteiger partial charge in [0, 0.05) is 37.8 Å². The summed E-state index contributed by atoms with van der Waals surface area (Å²) in [6, 6.07) is 8.27. The maximum absolute atomic E-state index is 5.80. The molecular formula is C17H23NO2. The molecule has 1 saturated carbocycles. The number of rotatable bonds is 7. The topological polar surface area (TPSA) is 34.4 Å².